The summed E-state index contributed by atoms with van der Waals surface area (Å²) in [5.74, 6) is -3.27. The summed E-state index contributed by atoms with van der Waals surface area (Å²) in [4.78, 5) is 28.5. The number of amides is 1. The average Bonchev–Trinajstić information content (AvgIpc) is 3.28. The Kier molecular flexibility index (Phi) is 4.22. The highest BCUT2D eigenvalue weighted by Crippen LogP contribution is 2.45. The number of rotatable bonds is 3. The summed E-state index contributed by atoms with van der Waals surface area (Å²) < 4.78 is 27.0. The summed E-state index contributed by atoms with van der Waals surface area (Å²) >= 11 is 0. The number of carbonyl (C=O) groups is 2. The Morgan fingerprint density at radius 1 is 1.12 bits per heavy atom. The van der Waals surface area contributed by atoms with Gasteiger partial charge >= 0.3 is 5.97 Å². The number of hydrogen-bond donors (Lipinski definition) is 1. The van der Waals surface area contributed by atoms with E-state index in [1.54, 1.807) is 0 Å². The Hall–Kier alpha value is -2.02. The van der Waals surface area contributed by atoms with Gasteiger partial charge in [0.25, 0.3) is 5.91 Å². The summed E-state index contributed by atoms with van der Waals surface area (Å²) in [7, 11) is 0. The van der Waals surface area contributed by atoms with Gasteiger partial charge in [-0.2, -0.15) is 0 Å². The minimum absolute atomic E-state index is 0.0753. The van der Waals surface area contributed by atoms with Gasteiger partial charge in [0.1, 0.15) is 17.0 Å². The molecular formula is C19H22F2N2O3. The summed E-state index contributed by atoms with van der Waals surface area (Å²) in [6.45, 7) is 1.47. The molecule has 26 heavy (non-hydrogen) atoms. The van der Waals surface area contributed by atoms with Crippen LogP contribution in [0.5, 0.6) is 0 Å². The van der Waals surface area contributed by atoms with Crippen LogP contribution in [0.4, 0.5) is 8.78 Å². The van der Waals surface area contributed by atoms with Gasteiger partial charge < -0.3 is 10.0 Å². The highest BCUT2D eigenvalue weighted by molar-refractivity contribution is 5.95. The molecule has 1 aliphatic carbocycles. The molecule has 5 nitrogen and oxygen atoms in total. The normalized spacial score (nSPS) is 29.3. The van der Waals surface area contributed by atoms with Crippen LogP contribution >= 0.6 is 0 Å². The summed E-state index contributed by atoms with van der Waals surface area (Å²) in [5, 5.41) is 9.91. The smallest absolute Gasteiger partial charge is 0.313 e. The molecule has 7 heteroatoms. The molecule has 4 rings (SSSR count). The molecule has 1 aromatic carbocycles. The van der Waals surface area contributed by atoms with Crippen LogP contribution in [0.3, 0.4) is 0 Å². The maximum absolute atomic E-state index is 14.0. The topological polar surface area (TPSA) is 60.9 Å². The Labute approximate surface area is 150 Å². The highest BCUT2D eigenvalue weighted by atomic mass is 19.1. The lowest BCUT2D eigenvalue weighted by Crippen LogP contribution is -2.43. The number of benzene rings is 1. The van der Waals surface area contributed by atoms with Crippen molar-refractivity contribution in [3.63, 3.8) is 0 Å². The van der Waals surface area contributed by atoms with Crippen LogP contribution in [0, 0.1) is 23.0 Å². The number of fused-ring (bicyclic) bond motifs is 1. The lowest BCUT2D eigenvalue weighted by atomic mass is 9.81. The third-order valence-corrected chi connectivity index (χ3v) is 6.35. The third-order valence-electron chi connectivity index (χ3n) is 6.35. The van der Waals surface area contributed by atoms with Gasteiger partial charge in [0, 0.05) is 44.2 Å². The van der Waals surface area contributed by atoms with Crippen molar-refractivity contribution >= 4 is 11.9 Å². The minimum atomic E-state index is -0.991. The number of carbonyl (C=O) groups excluding carboxylic acids is 1. The van der Waals surface area contributed by atoms with Gasteiger partial charge in [-0.1, -0.05) is 12.8 Å². The van der Waals surface area contributed by atoms with Crippen LogP contribution in [-0.2, 0) is 4.79 Å². The Morgan fingerprint density at radius 2 is 1.85 bits per heavy atom. The van der Waals surface area contributed by atoms with Crippen LogP contribution in [0.25, 0.3) is 0 Å². The van der Waals surface area contributed by atoms with Gasteiger partial charge in [-0.25, -0.2) is 8.78 Å². The van der Waals surface area contributed by atoms with Crippen molar-refractivity contribution in [3.05, 3.63) is 35.4 Å². The fourth-order valence-electron chi connectivity index (χ4n) is 4.94. The second-order valence-corrected chi connectivity index (χ2v) is 7.84. The second-order valence-electron chi connectivity index (χ2n) is 7.84. The molecule has 2 atom stereocenters. The molecule has 140 valence electrons. The molecule has 2 aliphatic heterocycles. The van der Waals surface area contributed by atoms with Crippen molar-refractivity contribution in [2.75, 3.05) is 26.2 Å². The second kappa shape index (κ2) is 6.30. The van der Waals surface area contributed by atoms with E-state index in [4.69, 9.17) is 0 Å². The molecule has 0 bridgehead atoms. The summed E-state index contributed by atoms with van der Waals surface area (Å²) in [5.41, 5.74) is -1.20. The molecule has 0 spiro atoms. The first-order valence-electron chi connectivity index (χ1n) is 9.12. The third kappa shape index (κ3) is 2.69. The van der Waals surface area contributed by atoms with E-state index in [-0.39, 0.29) is 18.0 Å². The van der Waals surface area contributed by atoms with Gasteiger partial charge in [0.05, 0.1) is 5.56 Å². The molecule has 0 unspecified atom stereocenters. The predicted octanol–water partition coefficient (Wildman–Crippen LogP) is 2.37. The van der Waals surface area contributed by atoms with Crippen molar-refractivity contribution in [2.24, 2.45) is 11.3 Å². The molecule has 0 radical (unpaired) electrons. The molecule has 1 aromatic rings. The number of nitrogens with zero attached hydrogens (tertiary/aromatic N) is 2. The average molecular weight is 364 g/mol. The number of halogens is 2. The predicted molar refractivity (Wildman–Crippen MR) is 89.6 cm³/mol. The Balaban J connectivity index is 1.54. The van der Waals surface area contributed by atoms with Crippen LogP contribution in [0.15, 0.2) is 18.2 Å². The molecule has 3 aliphatic rings. The molecule has 2 heterocycles. The number of carboxylic acids is 1. The van der Waals surface area contributed by atoms with Gasteiger partial charge in [0.15, 0.2) is 0 Å². The van der Waals surface area contributed by atoms with E-state index in [0.717, 1.165) is 25.0 Å². The summed E-state index contributed by atoms with van der Waals surface area (Å²) in [6, 6.07) is 3.29. The monoisotopic (exact) mass is 364 g/mol. The van der Waals surface area contributed by atoms with Crippen LogP contribution in [-0.4, -0.2) is 59.0 Å². The molecule has 1 N–H and O–H groups in total. The number of likely N-dealkylation sites (tertiary alicyclic amines) is 2. The fourth-order valence-corrected chi connectivity index (χ4v) is 4.94. The van der Waals surface area contributed by atoms with Crippen molar-refractivity contribution in [1.82, 2.24) is 9.80 Å². The molecule has 2 saturated heterocycles. The van der Waals surface area contributed by atoms with E-state index in [9.17, 15) is 23.5 Å². The van der Waals surface area contributed by atoms with Gasteiger partial charge in [-0.05, 0) is 25.0 Å². The Morgan fingerprint density at radius 3 is 2.46 bits per heavy atom. The number of aliphatic carboxylic acids is 1. The van der Waals surface area contributed by atoms with Gasteiger partial charge in [0.2, 0.25) is 0 Å². The van der Waals surface area contributed by atoms with E-state index in [1.165, 1.54) is 17.7 Å². The van der Waals surface area contributed by atoms with Crippen LogP contribution < -0.4 is 0 Å². The molecule has 1 amide bonds. The lowest BCUT2D eigenvalue weighted by molar-refractivity contribution is -0.148. The van der Waals surface area contributed by atoms with Crippen LogP contribution in [0.1, 0.15) is 36.0 Å². The summed E-state index contributed by atoms with van der Waals surface area (Å²) in [6.07, 6.45) is 4.57. The van der Waals surface area contributed by atoms with E-state index < -0.39 is 28.9 Å². The van der Waals surface area contributed by atoms with E-state index in [2.05, 4.69) is 4.90 Å². The fraction of sp³-hybridized carbons (Fsp3) is 0.579. The van der Waals surface area contributed by atoms with Crippen molar-refractivity contribution < 1.29 is 23.5 Å². The zero-order valence-corrected chi connectivity index (χ0v) is 14.5. The standard InChI is InChI=1S/C19H22F2N2O3/c20-13-5-6-15(16(21)7-13)17(24)23-9-12-8-22(14-3-1-2-4-14)10-19(12,11-23)18(25)26/h5-7,12,14H,1-4,8-11H2,(H,25,26)/t12-,19-/m0/s1. The van der Waals surface area contributed by atoms with Crippen molar-refractivity contribution in [2.45, 2.75) is 31.7 Å². The first-order chi connectivity index (χ1) is 12.4. The quantitative estimate of drug-likeness (QED) is 0.895. The SMILES string of the molecule is O=C(c1ccc(F)cc1F)N1C[C@@H]2CN(C3CCCC3)C[C@]2(C(=O)O)C1. The van der Waals surface area contributed by atoms with E-state index in [0.29, 0.717) is 31.7 Å². The van der Waals surface area contributed by atoms with Gasteiger partial charge in [-0.3, -0.25) is 14.5 Å². The maximum atomic E-state index is 14.0. The first-order valence-corrected chi connectivity index (χ1v) is 9.12. The van der Waals surface area contributed by atoms with Crippen molar-refractivity contribution in [3.8, 4) is 0 Å². The van der Waals surface area contributed by atoms with Crippen LogP contribution in [0.2, 0.25) is 0 Å². The number of carboxylic acid groups (broad SMARTS) is 1. The Bertz CT molecular complexity index is 750. The number of hydrogen-bond acceptors (Lipinski definition) is 3. The van der Waals surface area contributed by atoms with Gasteiger partial charge in [-0.15, -0.1) is 0 Å². The molecule has 3 fully saturated rings. The molecule has 0 aromatic heterocycles. The zero-order valence-electron chi connectivity index (χ0n) is 14.5. The highest BCUT2D eigenvalue weighted by Gasteiger charge is 2.59. The lowest BCUT2D eigenvalue weighted by Gasteiger charge is -2.28. The maximum Gasteiger partial charge on any atom is 0.313 e. The molecule has 1 saturated carbocycles. The largest absolute Gasteiger partial charge is 0.481 e. The van der Waals surface area contributed by atoms with E-state index in [1.807, 2.05) is 0 Å². The molecular weight excluding hydrogens is 342 g/mol. The first kappa shape index (κ1) is 17.4. The van der Waals surface area contributed by atoms with E-state index >= 15 is 0 Å². The zero-order chi connectivity index (χ0) is 18.5. The van der Waals surface area contributed by atoms with Crippen molar-refractivity contribution in [1.29, 1.82) is 0 Å². The minimum Gasteiger partial charge on any atom is -0.481 e.